The van der Waals surface area contributed by atoms with Crippen molar-refractivity contribution in [2.45, 2.75) is 25.0 Å². The molecule has 0 saturated heterocycles. The molecule has 0 atom stereocenters. The van der Waals surface area contributed by atoms with Crippen molar-refractivity contribution in [2.24, 2.45) is 0 Å². The van der Waals surface area contributed by atoms with Crippen LogP contribution >= 0.6 is 11.8 Å². The molecule has 1 aromatic carbocycles. The minimum atomic E-state index is -0.944. The summed E-state index contributed by atoms with van der Waals surface area (Å²) in [6.07, 6.45) is 2.33. The summed E-state index contributed by atoms with van der Waals surface area (Å²) in [7, 11) is 0. The van der Waals surface area contributed by atoms with Crippen LogP contribution in [-0.4, -0.2) is 26.4 Å². The quantitative estimate of drug-likeness (QED) is 0.833. The maximum atomic E-state index is 13.7. The number of aryl methyl sites for hydroxylation is 1. The molecular formula is C14H14F2N2O2S. The fourth-order valence-corrected chi connectivity index (χ4v) is 2.62. The number of rotatable bonds is 6. The molecule has 112 valence electrons. The van der Waals surface area contributed by atoms with Gasteiger partial charge in [-0.3, -0.25) is 4.79 Å². The average Bonchev–Trinajstić information content (AvgIpc) is 2.81. The summed E-state index contributed by atoms with van der Waals surface area (Å²) >= 11 is 1.08. The Hall–Kier alpha value is -1.89. The highest BCUT2D eigenvalue weighted by Crippen LogP contribution is 2.21. The average molecular weight is 312 g/mol. The number of aliphatic carboxylic acids is 1. The summed E-state index contributed by atoms with van der Waals surface area (Å²) in [6.45, 7) is 2.12. The molecule has 1 aromatic heterocycles. The fourth-order valence-electron chi connectivity index (χ4n) is 1.91. The predicted molar refractivity (Wildman–Crippen MR) is 75.4 cm³/mol. The van der Waals surface area contributed by atoms with Crippen molar-refractivity contribution in [1.29, 1.82) is 0 Å². The number of imidazole rings is 1. The van der Waals surface area contributed by atoms with Crippen LogP contribution in [0.1, 0.15) is 18.2 Å². The zero-order chi connectivity index (χ0) is 15.4. The third-order valence-electron chi connectivity index (χ3n) is 2.93. The van der Waals surface area contributed by atoms with Crippen molar-refractivity contribution in [3.05, 3.63) is 47.3 Å². The van der Waals surface area contributed by atoms with Gasteiger partial charge in [0.25, 0.3) is 0 Å². The van der Waals surface area contributed by atoms with Crippen LogP contribution in [0.2, 0.25) is 0 Å². The van der Waals surface area contributed by atoms with E-state index in [1.807, 2.05) is 6.92 Å². The molecule has 0 unspecified atom stereocenters. The molecule has 0 aliphatic rings. The van der Waals surface area contributed by atoms with Crippen LogP contribution in [0.15, 0.2) is 29.6 Å². The first-order valence-corrected chi connectivity index (χ1v) is 7.32. The summed E-state index contributed by atoms with van der Waals surface area (Å²) in [5, 5.41) is 9.25. The Morgan fingerprint density at radius 3 is 2.81 bits per heavy atom. The molecule has 2 aromatic rings. The van der Waals surface area contributed by atoms with Gasteiger partial charge in [0.15, 0.2) is 5.16 Å². The van der Waals surface area contributed by atoms with Crippen LogP contribution in [0.3, 0.4) is 0 Å². The summed E-state index contributed by atoms with van der Waals surface area (Å²) < 4.78 is 28.4. The molecule has 0 saturated carbocycles. The Balaban J connectivity index is 2.28. The SMILES string of the molecule is CCc1cnc(SCC(=O)O)n1Cc1ccc(F)cc1F. The first-order chi connectivity index (χ1) is 10.0. The van der Waals surface area contributed by atoms with Crippen molar-refractivity contribution in [3.63, 3.8) is 0 Å². The van der Waals surface area contributed by atoms with Crippen LogP contribution in [0.5, 0.6) is 0 Å². The summed E-state index contributed by atoms with van der Waals surface area (Å²) in [5.41, 5.74) is 1.20. The molecule has 0 bridgehead atoms. The van der Waals surface area contributed by atoms with E-state index in [9.17, 15) is 13.6 Å². The lowest BCUT2D eigenvalue weighted by molar-refractivity contribution is -0.133. The number of thioether (sulfide) groups is 1. The number of hydrogen-bond acceptors (Lipinski definition) is 3. The summed E-state index contributed by atoms with van der Waals surface area (Å²) in [5.74, 6) is -2.31. The number of benzene rings is 1. The second-order valence-electron chi connectivity index (χ2n) is 4.39. The van der Waals surface area contributed by atoms with Crippen LogP contribution in [-0.2, 0) is 17.8 Å². The van der Waals surface area contributed by atoms with E-state index in [0.29, 0.717) is 17.1 Å². The minimum absolute atomic E-state index is 0.119. The van der Waals surface area contributed by atoms with E-state index in [1.165, 1.54) is 12.1 Å². The maximum Gasteiger partial charge on any atom is 0.313 e. The molecule has 0 aliphatic carbocycles. The minimum Gasteiger partial charge on any atom is -0.481 e. The third-order valence-corrected chi connectivity index (χ3v) is 3.91. The van der Waals surface area contributed by atoms with E-state index in [1.54, 1.807) is 10.8 Å². The monoisotopic (exact) mass is 312 g/mol. The van der Waals surface area contributed by atoms with Gasteiger partial charge in [0, 0.05) is 23.5 Å². The molecule has 1 heterocycles. The zero-order valence-corrected chi connectivity index (χ0v) is 12.2. The molecule has 1 N–H and O–H groups in total. The van der Waals surface area contributed by atoms with Gasteiger partial charge in [-0.05, 0) is 12.5 Å². The molecular weight excluding hydrogens is 298 g/mol. The molecule has 0 radical (unpaired) electrons. The molecule has 7 heteroatoms. The Morgan fingerprint density at radius 1 is 1.43 bits per heavy atom. The van der Waals surface area contributed by atoms with Gasteiger partial charge >= 0.3 is 5.97 Å². The van der Waals surface area contributed by atoms with E-state index >= 15 is 0 Å². The van der Waals surface area contributed by atoms with E-state index in [-0.39, 0.29) is 12.3 Å². The van der Waals surface area contributed by atoms with Crippen molar-refractivity contribution < 1.29 is 18.7 Å². The van der Waals surface area contributed by atoms with Gasteiger partial charge in [-0.25, -0.2) is 13.8 Å². The molecule has 2 rings (SSSR count). The summed E-state index contributed by atoms with van der Waals surface area (Å²) in [4.78, 5) is 14.8. The van der Waals surface area contributed by atoms with Gasteiger partial charge in [0.1, 0.15) is 11.6 Å². The van der Waals surface area contributed by atoms with E-state index in [2.05, 4.69) is 4.98 Å². The smallest absolute Gasteiger partial charge is 0.313 e. The van der Waals surface area contributed by atoms with Crippen molar-refractivity contribution in [2.75, 3.05) is 5.75 Å². The number of aromatic nitrogens is 2. The Bertz CT molecular complexity index is 658. The van der Waals surface area contributed by atoms with Gasteiger partial charge in [0.05, 0.1) is 12.3 Å². The molecule has 0 amide bonds. The van der Waals surface area contributed by atoms with E-state index < -0.39 is 17.6 Å². The number of halogens is 2. The number of carboxylic acids is 1. The maximum absolute atomic E-state index is 13.7. The van der Waals surface area contributed by atoms with Crippen LogP contribution in [0.25, 0.3) is 0 Å². The van der Waals surface area contributed by atoms with Crippen LogP contribution in [0, 0.1) is 11.6 Å². The number of nitrogens with zero attached hydrogens (tertiary/aromatic N) is 2. The zero-order valence-electron chi connectivity index (χ0n) is 11.3. The predicted octanol–water partition coefficient (Wildman–Crippen LogP) is 2.95. The van der Waals surface area contributed by atoms with Crippen LogP contribution in [0.4, 0.5) is 8.78 Å². The van der Waals surface area contributed by atoms with Gasteiger partial charge < -0.3 is 9.67 Å². The second-order valence-corrected chi connectivity index (χ2v) is 5.33. The fraction of sp³-hybridized carbons (Fsp3) is 0.286. The normalized spacial score (nSPS) is 10.8. The van der Waals surface area contributed by atoms with Crippen molar-refractivity contribution in [1.82, 2.24) is 9.55 Å². The largest absolute Gasteiger partial charge is 0.481 e. The lowest BCUT2D eigenvalue weighted by atomic mass is 10.2. The highest BCUT2D eigenvalue weighted by atomic mass is 32.2. The first kappa shape index (κ1) is 15.5. The van der Waals surface area contributed by atoms with Gasteiger partial charge in [-0.1, -0.05) is 24.8 Å². The van der Waals surface area contributed by atoms with Crippen molar-refractivity contribution in [3.8, 4) is 0 Å². The lowest BCUT2D eigenvalue weighted by Gasteiger charge is -2.11. The number of carboxylic acid groups (broad SMARTS) is 1. The standard InChI is InChI=1S/C14H14F2N2O2S/c1-2-11-6-17-14(21-8-13(19)20)18(11)7-9-3-4-10(15)5-12(9)16/h3-6H,2,7-8H2,1H3,(H,19,20). The van der Waals surface area contributed by atoms with Crippen LogP contribution < -0.4 is 0 Å². The van der Waals surface area contributed by atoms with E-state index in [4.69, 9.17) is 5.11 Å². The first-order valence-electron chi connectivity index (χ1n) is 6.34. The molecule has 4 nitrogen and oxygen atoms in total. The Morgan fingerprint density at radius 2 is 2.19 bits per heavy atom. The highest BCUT2D eigenvalue weighted by molar-refractivity contribution is 7.99. The number of carbonyl (C=O) groups is 1. The molecule has 0 aliphatic heterocycles. The lowest BCUT2D eigenvalue weighted by Crippen LogP contribution is -2.08. The number of hydrogen-bond donors (Lipinski definition) is 1. The van der Waals surface area contributed by atoms with Gasteiger partial charge in [0.2, 0.25) is 0 Å². The third kappa shape index (κ3) is 3.81. The Labute approximate surface area is 124 Å². The highest BCUT2D eigenvalue weighted by Gasteiger charge is 2.13. The topological polar surface area (TPSA) is 55.1 Å². The van der Waals surface area contributed by atoms with E-state index in [0.717, 1.165) is 23.5 Å². The van der Waals surface area contributed by atoms with Gasteiger partial charge in [-0.15, -0.1) is 0 Å². The molecule has 21 heavy (non-hydrogen) atoms. The molecule has 0 fully saturated rings. The molecule has 0 spiro atoms. The van der Waals surface area contributed by atoms with Gasteiger partial charge in [-0.2, -0.15) is 0 Å². The summed E-state index contributed by atoms with van der Waals surface area (Å²) in [6, 6.07) is 3.42. The van der Waals surface area contributed by atoms with Crippen molar-refractivity contribution >= 4 is 17.7 Å². The second kappa shape index (κ2) is 6.71. The Kier molecular flexibility index (Phi) is 4.95.